The first-order valence-electron chi connectivity index (χ1n) is 4.15. The molecular formula is C10H14N2. The Balaban J connectivity index is 0.000000845. The zero-order chi connectivity index (χ0) is 8.55. The molecule has 1 aromatic heterocycles. The fourth-order valence-corrected chi connectivity index (χ4v) is 1.43. The lowest BCUT2D eigenvalue weighted by atomic mass is 10.1. The smallest absolute Gasteiger partial charge is 0.132 e. The quantitative estimate of drug-likeness (QED) is 0.590. The number of aromatic amines is 1. The second-order valence-electron chi connectivity index (χ2n) is 3.09. The summed E-state index contributed by atoms with van der Waals surface area (Å²) in [6, 6.07) is 2.08. The molecule has 0 bridgehead atoms. The molecule has 2 heterocycles. The summed E-state index contributed by atoms with van der Waals surface area (Å²) in [5.41, 5.74) is 3.67. The zero-order valence-electron chi connectivity index (χ0n) is 7.39. The van der Waals surface area contributed by atoms with Crippen LogP contribution in [0.2, 0.25) is 0 Å². The van der Waals surface area contributed by atoms with Crippen LogP contribution >= 0.6 is 0 Å². The summed E-state index contributed by atoms with van der Waals surface area (Å²) >= 11 is 0. The first-order chi connectivity index (χ1) is 5.79. The van der Waals surface area contributed by atoms with Gasteiger partial charge in [0.25, 0.3) is 0 Å². The van der Waals surface area contributed by atoms with Gasteiger partial charge in [0.05, 0.1) is 6.54 Å². The third kappa shape index (κ3) is 0.998. The highest BCUT2D eigenvalue weighted by molar-refractivity contribution is 5.60. The van der Waals surface area contributed by atoms with Crippen LogP contribution in [0.1, 0.15) is 15.3 Å². The molecular weight excluding hydrogens is 148 g/mol. The van der Waals surface area contributed by atoms with Crippen molar-refractivity contribution < 1.29 is 1.43 Å². The van der Waals surface area contributed by atoms with Gasteiger partial charge in [-0.1, -0.05) is 6.08 Å². The van der Waals surface area contributed by atoms with Gasteiger partial charge in [-0.15, -0.1) is 0 Å². The van der Waals surface area contributed by atoms with Gasteiger partial charge in [0.15, 0.2) is 0 Å². The Morgan fingerprint density at radius 1 is 1.50 bits per heavy atom. The van der Waals surface area contributed by atoms with Gasteiger partial charge < -0.3 is 4.98 Å². The molecule has 0 saturated heterocycles. The standard InChI is InChI=1S/C10H12N2.H2/c1-7-3-5-11-10-9(8(7)2)4-6-12-10;/h3-4,6H,5H2,1-2H3,(H,11,12);1H. The monoisotopic (exact) mass is 162 g/mol. The maximum absolute atomic E-state index is 4.39. The second kappa shape index (κ2) is 2.63. The molecule has 0 aromatic carbocycles. The predicted molar refractivity (Wildman–Crippen MR) is 51.4 cm³/mol. The molecule has 1 aromatic rings. The number of allylic oxidation sites excluding steroid dienone is 1. The molecule has 2 nitrogen and oxygen atoms in total. The molecule has 1 aliphatic rings. The minimum Gasteiger partial charge on any atom is -0.346 e. The van der Waals surface area contributed by atoms with E-state index in [2.05, 4.69) is 36.0 Å². The highest BCUT2D eigenvalue weighted by Crippen LogP contribution is 2.07. The third-order valence-electron chi connectivity index (χ3n) is 2.37. The highest BCUT2D eigenvalue weighted by Gasteiger charge is 1.99. The van der Waals surface area contributed by atoms with E-state index in [0.717, 1.165) is 12.0 Å². The van der Waals surface area contributed by atoms with Crippen LogP contribution in [0.3, 0.4) is 0 Å². The summed E-state index contributed by atoms with van der Waals surface area (Å²) in [6.07, 6.45) is 4.10. The molecule has 64 valence electrons. The number of nitrogens with one attached hydrogen (secondary N) is 1. The number of aromatic nitrogens is 1. The van der Waals surface area contributed by atoms with E-state index < -0.39 is 0 Å². The van der Waals surface area contributed by atoms with Crippen LogP contribution in [0.25, 0.3) is 5.57 Å². The minimum atomic E-state index is 0. The van der Waals surface area contributed by atoms with Gasteiger partial charge in [0, 0.05) is 12.8 Å². The number of rotatable bonds is 0. The molecule has 0 fully saturated rings. The predicted octanol–water partition coefficient (Wildman–Crippen LogP) is 1.01. The number of hydrogen-bond acceptors (Lipinski definition) is 1. The molecule has 1 N–H and O–H groups in total. The molecule has 2 rings (SSSR count). The molecule has 2 heteroatoms. The van der Waals surface area contributed by atoms with E-state index in [9.17, 15) is 0 Å². The van der Waals surface area contributed by atoms with Crippen LogP contribution in [-0.2, 0) is 0 Å². The van der Waals surface area contributed by atoms with Crippen molar-refractivity contribution in [3.05, 3.63) is 34.6 Å². The first-order valence-corrected chi connectivity index (χ1v) is 4.15. The van der Waals surface area contributed by atoms with E-state index in [1.807, 2.05) is 6.20 Å². The lowest BCUT2D eigenvalue weighted by Crippen LogP contribution is -2.24. The summed E-state index contributed by atoms with van der Waals surface area (Å²) in [4.78, 5) is 7.52. The Morgan fingerprint density at radius 2 is 2.33 bits per heavy atom. The molecule has 1 aliphatic heterocycles. The van der Waals surface area contributed by atoms with Crippen molar-refractivity contribution in [2.45, 2.75) is 13.8 Å². The fraction of sp³-hybridized carbons (Fsp3) is 0.300. The topological polar surface area (TPSA) is 28.1 Å². The van der Waals surface area contributed by atoms with E-state index >= 15 is 0 Å². The van der Waals surface area contributed by atoms with Crippen LogP contribution in [-0.4, -0.2) is 11.5 Å². The van der Waals surface area contributed by atoms with Gasteiger partial charge in [-0.25, -0.2) is 0 Å². The summed E-state index contributed by atoms with van der Waals surface area (Å²) in [6.45, 7) is 5.06. The van der Waals surface area contributed by atoms with Crippen molar-refractivity contribution in [1.82, 2.24) is 4.98 Å². The van der Waals surface area contributed by atoms with Gasteiger partial charge in [-0.05, 0) is 31.1 Å². The molecule has 0 spiro atoms. The molecule has 0 amide bonds. The lowest BCUT2D eigenvalue weighted by Gasteiger charge is -1.95. The normalized spacial score (nSPS) is 16.2. The van der Waals surface area contributed by atoms with Crippen molar-refractivity contribution >= 4 is 5.57 Å². The van der Waals surface area contributed by atoms with E-state index in [4.69, 9.17) is 0 Å². The van der Waals surface area contributed by atoms with E-state index in [-0.39, 0.29) is 1.43 Å². The maximum Gasteiger partial charge on any atom is 0.132 e. The van der Waals surface area contributed by atoms with Gasteiger partial charge >= 0.3 is 0 Å². The first kappa shape index (κ1) is 7.35. The van der Waals surface area contributed by atoms with Gasteiger partial charge in [-0.3, -0.25) is 4.99 Å². The minimum absolute atomic E-state index is 0. The van der Waals surface area contributed by atoms with Crippen LogP contribution in [0, 0.1) is 0 Å². The molecule has 0 unspecified atom stereocenters. The van der Waals surface area contributed by atoms with Crippen molar-refractivity contribution in [1.29, 1.82) is 0 Å². The molecule has 0 aliphatic carbocycles. The largest absolute Gasteiger partial charge is 0.346 e. The van der Waals surface area contributed by atoms with Crippen molar-refractivity contribution in [2.24, 2.45) is 4.99 Å². The Kier molecular flexibility index (Phi) is 1.61. The van der Waals surface area contributed by atoms with Crippen LogP contribution in [0.5, 0.6) is 0 Å². The highest BCUT2D eigenvalue weighted by atomic mass is 14.8. The maximum atomic E-state index is 4.39. The van der Waals surface area contributed by atoms with Gasteiger partial charge in [-0.2, -0.15) is 0 Å². The van der Waals surface area contributed by atoms with Crippen molar-refractivity contribution in [2.75, 3.05) is 6.54 Å². The van der Waals surface area contributed by atoms with Gasteiger partial charge in [0.2, 0.25) is 0 Å². The van der Waals surface area contributed by atoms with Crippen LogP contribution in [0.15, 0.2) is 28.9 Å². The Labute approximate surface area is 72.8 Å². The van der Waals surface area contributed by atoms with E-state index in [1.54, 1.807) is 0 Å². The zero-order valence-corrected chi connectivity index (χ0v) is 7.39. The molecule has 12 heavy (non-hydrogen) atoms. The number of hydrogen-bond donors (Lipinski definition) is 1. The summed E-state index contributed by atoms with van der Waals surface area (Å²) < 4.78 is 0. The Hall–Kier alpha value is -1.31. The number of fused-ring (bicyclic) bond motifs is 1. The SMILES string of the molecule is CC1=CCN=c2[nH]ccc2=C1C.[HH]. The van der Waals surface area contributed by atoms with Crippen LogP contribution < -0.4 is 10.7 Å². The average Bonchev–Trinajstić information content (AvgIpc) is 2.46. The lowest BCUT2D eigenvalue weighted by molar-refractivity contribution is 1.07. The molecule has 0 atom stereocenters. The van der Waals surface area contributed by atoms with Crippen molar-refractivity contribution in [3.8, 4) is 0 Å². The average molecular weight is 162 g/mol. The van der Waals surface area contributed by atoms with Crippen molar-refractivity contribution in [3.63, 3.8) is 0 Å². The third-order valence-corrected chi connectivity index (χ3v) is 2.37. The van der Waals surface area contributed by atoms with E-state index in [0.29, 0.717) is 0 Å². The number of H-pyrrole nitrogens is 1. The Morgan fingerprint density at radius 3 is 3.17 bits per heavy atom. The Bertz CT molecular complexity index is 440. The second-order valence-corrected chi connectivity index (χ2v) is 3.09. The fourth-order valence-electron chi connectivity index (χ4n) is 1.43. The number of nitrogens with zero attached hydrogens (tertiary/aromatic N) is 1. The summed E-state index contributed by atoms with van der Waals surface area (Å²) in [5.74, 6) is 0. The van der Waals surface area contributed by atoms with Gasteiger partial charge in [0.1, 0.15) is 5.49 Å². The van der Waals surface area contributed by atoms with E-state index in [1.165, 1.54) is 16.4 Å². The van der Waals surface area contributed by atoms with Crippen LogP contribution in [0.4, 0.5) is 0 Å². The molecule has 0 saturated carbocycles. The molecule has 0 radical (unpaired) electrons. The summed E-state index contributed by atoms with van der Waals surface area (Å²) in [5, 5.41) is 1.24. The summed E-state index contributed by atoms with van der Waals surface area (Å²) in [7, 11) is 0.